The number of likely N-dealkylation sites (tertiary alicyclic amines) is 1. The Morgan fingerprint density at radius 2 is 1.73 bits per heavy atom. The highest BCUT2D eigenvalue weighted by molar-refractivity contribution is 7.12. The Balaban J connectivity index is 1.39. The molecule has 0 radical (unpaired) electrons. The molecule has 2 saturated heterocycles. The normalized spacial score (nSPS) is 19.3. The summed E-state index contributed by atoms with van der Waals surface area (Å²) in [4.78, 5) is 44.0. The molecular formula is C21H21ClFN3O3S. The molecule has 0 spiro atoms. The highest BCUT2D eigenvalue weighted by Gasteiger charge is 2.38. The van der Waals surface area contributed by atoms with Crippen LogP contribution in [0.25, 0.3) is 0 Å². The maximum atomic E-state index is 14.0. The number of rotatable bonds is 3. The Morgan fingerprint density at radius 3 is 2.43 bits per heavy atom. The lowest BCUT2D eigenvalue weighted by molar-refractivity contribution is -0.136. The second-order valence-electron chi connectivity index (χ2n) is 7.38. The minimum atomic E-state index is -0.614. The number of carbonyl (C=O) groups excluding carboxylic acids is 3. The third kappa shape index (κ3) is 4.06. The quantitative estimate of drug-likeness (QED) is 0.723. The molecule has 158 valence electrons. The van der Waals surface area contributed by atoms with Gasteiger partial charge >= 0.3 is 0 Å². The molecule has 2 fully saturated rings. The van der Waals surface area contributed by atoms with E-state index in [-0.39, 0.29) is 17.4 Å². The molecule has 0 unspecified atom stereocenters. The number of nitrogens with zero attached hydrogens (tertiary/aromatic N) is 3. The third-order valence-electron chi connectivity index (χ3n) is 5.57. The van der Waals surface area contributed by atoms with Crippen LogP contribution in [0.1, 0.15) is 32.9 Å². The van der Waals surface area contributed by atoms with Gasteiger partial charge in [-0.25, -0.2) is 4.39 Å². The zero-order valence-electron chi connectivity index (χ0n) is 16.2. The van der Waals surface area contributed by atoms with E-state index in [2.05, 4.69) is 0 Å². The number of hydrogen-bond donors (Lipinski definition) is 0. The molecule has 6 nitrogen and oxygen atoms in total. The second-order valence-corrected chi connectivity index (χ2v) is 8.76. The Bertz CT molecular complexity index is 960. The van der Waals surface area contributed by atoms with E-state index >= 15 is 0 Å². The maximum absolute atomic E-state index is 14.0. The van der Waals surface area contributed by atoms with E-state index in [1.54, 1.807) is 15.9 Å². The van der Waals surface area contributed by atoms with Gasteiger partial charge in [0.25, 0.3) is 11.8 Å². The second kappa shape index (κ2) is 8.73. The topological polar surface area (TPSA) is 60.9 Å². The SMILES string of the molecule is O=C(c1cc(Cl)ccc1F)N1CCN(C(=O)[C@@H]2CCCN2C(=O)c2cccs2)CC1. The molecule has 9 heteroatoms. The van der Waals surface area contributed by atoms with E-state index in [9.17, 15) is 18.8 Å². The molecule has 0 aliphatic carbocycles. The van der Waals surface area contributed by atoms with Crippen molar-refractivity contribution in [2.75, 3.05) is 32.7 Å². The number of benzene rings is 1. The van der Waals surface area contributed by atoms with Crippen molar-refractivity contribution in [2.24, 2.45) is 0 Å². The molecule has 4 rings (SSSR count). The smallest absolute Gasteiger partial charge is 0.264 e. The Labute approximate surface area is 182 Å². The summed E-state index contributed by atoms with van der Waals surface area (Å²) >= 11 is 7.26. The van der Waals surface area contributed by atoms with E-state index < -0.39 is 17.8 Å². The summed E-state index contributed by atoms with van der Waals surface area (Å²) < 4.78 is 14.0. The van der Waals surface area contributed by atoms with Crippen LogP contribution in [0.15, 0.2) is 35.7 Å². The van der Waals surface area contributed by atoms with Crippen molar-refractivity contribution in [1.82, 2.24) is 14.7 Å². The standard InChI is InChI=1S/C21H21ClFN3O3S/c22-14-5-6-16(23)15(13-14)19(27)24-8-10-25(11-9-24)20(28)17-3-1-7-26(17)21(29)18-4-2-12-30-18/h2,4-6,12-13,17H,1,3,7-11H2/t17-/m0/s1. The van der Waals surface area contributed by atoms with E-state index in [4.69, 9.17) is 11.6 Å². The zero-order chi connectivity index (χ0) is 21.3. The molecule has 3 amide bonds. The number of amides is 3. The Morgan fingerprint density at radius 1 is 1.00 bits per heavy atom. The highest BCUT2D eigenvalue weighted by atomic mass is 35.5. The molecule has 2 aliphatic heterocycles. The average molecular weight is 450 g/mol. The summed E-state index contributed by atoms with van der Waals surface area (Å²) in [6, 6.07) is 7.02. The lowest BCUT2D eigenvalue weighted by Gasteiger charge is -2.37. The molecule has 1 aromatic heterocycles. The van der Waals surface area contributed by atoms with Crippen LogP contribution in [-0.2, 0) is 4.79 Å². The van der Waals surface area contributed by atoms with Crippen LogP contribution in [-0.4, -0.2) is 71.2 Å². The molecule has 30 heavy (non-hydrogen) atoms. The number of halogens is 2. The zero-order valence-corrected chi connectivity index (χ0v) is 17.8. The van der Waals surface area contributed by atoms with Crippen molar-refractivity contribution >= 4 is 40.7 Å². The van der Waals surface area contributed by atoms with Gasteiger partial charge < -0.3 is 14.7 Å². The van der Waals surface area contributed by atoms with Gasteiger partial charge in [-0.2, -0.15) is 0 Å². The first kappa shape index (κ1) is 20.8. The predicted molar refractivity (Wildman–Crippen MR) is 112 cm³/mol. The van der Waals surface area contributed by atoms with Crippen molar-refractivity contribution in [1.29, 1.82) is 0 Å². The van der Waals surface area contributed by atoms with Crippen LogP contribution in [0, 0.1) is 5.82 Å². The summed E-state index contributed by atoms with van der Waals surface area (Å²) in [5.41, 5.74) is -0.0641. The van der Waals surface area contributed by atoms with Crippen molar-refractivity contribution in [3.63, 3.8) is 0 Å². The van der Waals surface area contributed by atoms with Crippen LogP contribution >= 0.6 is 22.9 Å². The minimum absolute atomic E-state index is 0.0641. The van der Waals surface area contributed by atoms with E-state index in [1.807, 2.05) is 11.4 Å². The van der Waals surface area contributed by atoms with Crippen molar-refractivity contribution in [3.05, 3.63) is 57.0 Å². The van der Waals surface area contributed by atoms with Gasteiger partial charge in [-0.05, 0) is 42.5 Å². The number of thiophene rings is 1. The molecule has 2 aromatic rings. The van der Waals surface area contributed by atoms with Gasteiger partial charge in [0.05, 0.1) is 10.4 Å². The fourth-order valence-electron chi connectivity index (χ4n) is 3.98. The largest absolute Gasteiger partial charge is 0.337 e. The fraction of sp³-hybridized carbons (Fsp3) is 0.381. The number of piperazine rings is 1. The summed E-state index contributed by atoms with van der Waals surface area (Å²) in [5.74, 6) is -1.24. The highest BCUT2D eigenvalue weighted by Crippen LogP contribution is 2.24. The molecule has 2 aliphatic rings. The first-order valence-corrected chi connectivity index (χ1v) is 11.1. The predicted octanol–water partition coefficient (Wildman–Crippen LogP) is 3.13. The van der Waals surface area contributed by atoms with Gasteiger partial charge in [0.15, 0.2) is 0 Å². The van der Waals surface area contributed by atoms with Gasteiger partial charge in [0, 0.05) is 37.7 Å². The average Bonchev–Trinajstić information content (AvgIpc) is 3.46. The molecule has 1 aromatic carbocycles. The van der Waals surface area contributed by atoms with E-state index in [0.717, 1.165) is 6.42 Å². The summed E-state index contributed by atoms with van der Waals surface area (Å²) in [6.07, 6.45) is 1.43. The van der Waals surface area contributed by atoms with Crippen LogP contribution in [0.4, 0.5) is 4.39 Å². The van der Waals surface area contributed by atoms with Gasteiger partial charge in [-0.1, -0.05) is 17.7 Å². The monoisotopic (exact) mass is 449 g/mol. The number of carbonyl (C=O) groups is 3. The van der Waals surface area contributed by atoms with Gasteiger partial charge in [-0.15, -0.1) is 11.3 Å². The van der Waals surface area contributed by atoms with Crippen LogP contribution in [0.5, 0.6) is 0 Å². The van der Waals surface area contributed by atoms with Crippen molar-refractivity contribution in [2.45, 2.75) is 18.9 Å². The molecule has 0 bridgehead atoms. The van der Waals surface area contributed by atoms with Gasteiger partial charge in [0.1, 0.15) is 11.9 Å². The first-order valence-electron chi connectivity index (χ1n) is 9.83. The summed E-state index contributed by atoms with van der Waals surface area (Å²) in [7, 11) is 0. The van der Waals surface area contributed by atoms with Gasteiger partial charge in [0.2, 0.25) is 5.91 Å². The molecule has 3 heterocycles. The first-order chi connectivity index (χ1) is 14.5. The van der Waals surface area contributed by atoms with E-state index in [0.29, 0.717) is 49.0 Å². The fourth-order valence-corrected chi connectivity index (χ4v) is 4.83. The molecule has 0 N–H and O–H groups in total. The Hall–Kier alpha value is -2.45. The van der Waals surface area contributed by atoms with Crippen LogP contribution < -0.4 is 0 Å². The Kier molecular flexibility index (Phi) is 6.06. The summed E-state index contributed by atoms with van der Waals surface area (Å²) in [5, 5.41) is 2.14. The number of hydrogen-bond acceptors (Lipinski definition) is 4. The van der Waals surface area contributed by atoms with Gasteiger partial charge in [-0.3, -0.25) is 14.4 Å². The summed E-state index contributed by atoms with van der Waals surface area (Å²) in [6.45, 7) is 1.89. The molecule has 0 saturated carbocycles. The lowest BCUT2D eigenvalue weighted by atomic mass is 10.1. The van der Waals surface area contributed by atoms with Crippen LogP contribution in [0.2, 0.25) is 5.02 Å². The maximum Gasteiger partial charge on any atom is 0.264 e. The lowest BCUT2D eigenvalue weighted by Crippen LogP contribution is -2.55. The molecule has 1 atom stereocenters. The third-order valence-corrected chi connectivity index (χ3v) is 6.66. The van der Waals surface area contributed by atoms with Crippen molar-refractivity contribution in [3.8, 4) is 0 Å². The minimum Gasteiger partial charge on any atom is -0.337 e. The van der Waals surface area contributed by atoms with Crippen molar-refractivity contribution < 1.29 is 18.8 Å². The molecular weight excluding hydrogens is 429 g/mol. The van der Waals surface area contributed by atoms with Crippen LogP contribution in [0.3, 0.4) is 0 Å². The van der Waals surface area contributed by atoms with E-state index in [1.165, 1.54) is 34.4 Å².